The summed E-state index contributed by atoms with van der Waals surface area (Å²) in [5.41, 5.74) is 4.06. The summed E-state index contributed by atoms with van der Waals surface area (Å²) >= 11 is 0. The number of rotatable bonds is 10. The molecule has 0 saturated heterocycles. The summed E-state index contributed by atoms with van der Waals surface area (Å²) in [5, 5.41) is 9.62. The van der Waals surface area contributed by atoms with Gasteiger partial charge >= 0.3 is 5.97 Å². The molecule has 4 rings (SSSR count). The van der Waals surface area contributed by atoms with E-state index < -0.39 is 5.97 Å². The van der Waals surface area contributed by atoms with Crippen LogP contribution in [0, 0.1) is 0 Å². The zero-order valence-corrected chi connectivity index (χ0v) is 21.1. The minimum atomic E-state index is -1.06. The number of carbonyl (C=O) groups is 2. The average Bonchev–Trinajstić information content (AvgIpc) is 2.92. The molecule has 36 heavy (non-hydrogen) atoms. The smallest absolute Gasteiger partial charge is 0.335 e. The molecular formula is C29H34N4O3. The third kappa shape index (κ3) is 5.73. The number of amides is 1. The van der Waals surface area contributed by atoms with Gasteiger partial charge < -0.3 is 14.9 Å². The van der Waals surface area contributed by atoms with Gasteiger partial charge in [-0.2, -0.15) is 0 Å². The van der Waals surface area contributed by atoms with Crippen molar-refractivity contribution in [1.82, 2.24) is 14.9 Å². The van der Waals surface area contributed by atoms with E-state index in [1.165, 1.54) is 17.7 Å². The number of carboxylic acids is 1. The van der Waals surface area contributed by atoms with E-state index >= 15 is 0 Å². The van der Waals surface area contributed by atoms with Crippen molar-refractivity contribution in [3.05, 3.63) is 77.0 Å². The lowest BCUT2D eigenvalue weighted by Gasteiger charge is -2.29. The van der Waals surface area contributed by atoms with Gasteiger partial charge in [0, 0.05) is 43.5 Å². The van der Waals surface area contributed by atoms with Crippen LogP contribution < -0.4 is 4.90 Å². The SMILES string of the molecule is CCCCN(CCCC)c1nccc(-c2ccc(C(=O)O)cc2C(=O)N2CCc3ccccc3C2)n1. The van der Waals surface area contributed by atoms with E-state index in [0.717, 1.165) is 50.8 Å². The summed E-state index contributed by atoms with van der Waals surface area (Å²) in [6, 6.07) is 14.6. The number of aromatic carboxylic acids is 1. The monoisotopic (exact) mass is 486 g/mol. The number of anilines is 1. The lowest BCUT2D eigenvalue weighted by molar-refractivity contribution is 0.0697. The Morgan fingerprint density at radius 2 is 1.72 bits per heavy atom. The van der Waals surface area contributed by atoms with E-state index in [1.54, 1.807) is 23.2 Å². The highest BCUT2D eigenvalue weighted by molar-refractivity contribution is 6.03. The van der Waals surface area contributed by atoms with Gasteiger partial charge in [0.25, 0.3) is 5.91 Å². The molecule has 0 bridgehead atoms. The van der Waals surface area contributed by atoms with Gasteiger partial charge in [0.1, 0.15) is 0 Å². The standard InChI is InChI=1S/C29H34N4O3/c1-3-5-16-32(17-6-4-2)29-30-15-13-26(31-29)24-12-11-22(28(35)36)19-25(24)27(34)33-18-14-21-9-7-8-10-23(21)20-33/h7-13,15,19H,3-6,14,16-18,20H2,1-2H3,(H,35,36). The van der Waals surface area contributed by atoms with Gasteiger partial charge in [-0.25, -0.2) is 14.8 Å². The molecule has 0 saturated carbocycles. The summed E-state index contributed by atoms with van der Waals surface area (Å²) in [6.45, 7) is 7.16. The number of carboxylic acid groups (broad SMARTS) is 1. The normalized spacial score (nSPS) is 12.8. The maximum atomic E-state index is 13.8. The van der Waals surface area contributed by atoms with Crippen LogP contribution in [0.25, 0.3) is 11.3 Å². The Morgan fingerprint density at radius 3 is 2.42 bits per heavy atom. The first-order chi connectivity index (χ1) is 17.5. The van der Waals surface area contributed by atoms with Crippen LogP contribution in [-0.2, 0) is 13.0 Å². The fourth-order valence-corrected chi connectivity index (χ4v) is 4.58. The minimum Gasteiger partial charge on any atom is -0.478 e. The predicted octanol–water partition coefficient (Wildman–Crippen LogP) is 5.45. The number of hydrogen-bond donors (Lipinski definition) is 1. The van der Waals surface area contributed by atoms with Crippen LogP contribution in [0.2, 0.25) is 0 Å². The molecule has 0 spiro atoms. The first-order valence-corrected chi connectivity index (χ1v) is 12.8. The molecular weight excluding hydrogens is 452 g/mol. The highest BCUT2D eigenvalue weighted by Crippen LogP contribution is 2.28. The molecule has 0 aliphatic carbocycles. The van der Waals surface area contributed by atoms with E-state index in [1.807, 2.05) is 18.2 Å². The fraction of sp³-hybridized carbons (Fsp3) is 0.379. The number of benzene rings is 2. The van der Waals surface area contributed by atoms with Gasteiger partial charge in [0.2, 0.25) is 5.95 Å². The maximum Gasteiger partial charge on any atom is 0.335 e. The highest BCUT2D eigenvalue weighted by Gasteiger charge is 2.25. The molecule has 0 radical (unpaired) electrons. The van der Waals surface area contributed by atoms with Gasteiger partial charge in [-0.15, -0.1) is 0 Å². The first-order valence-electron chi connectivity index (χ1n) is 12.8. The highest BCUT2D eigenvalue weighted by atomic mass is 16.4. The van der Waals surface area contributed by atoms with Crippen molar-refractivity contribution in [2.24, 2.45) is 0 Å². The summed E-state index contributed by atoms with van der Waals surface area (Å²) in [5.74, 6) is -0.605. The zero-order chi connectivity index (χ0) is 25.5. The molecule has 7 nitrogen and oxygen atoms in total. The third-order valence-electron chi connectivity index (χ3n) is 6.68. The van der Waals surface area contributed by atoms with Crippen LogP contribution >= 0.6 is 0 Å². The zero-order valence-electron chi connectivity index (χ0n) is 21.1. The summed E-state index contributed by atoms with van der Waals surface area (Å²) in [6.07, 6.45) is 6.75. The Hall–Kier alpha value is -3.74. The summed E-state index contributed by atoms with van der Waals surface area (Å²) in [7, 11) is 0. The van der Waals surface area contributed by atoms with Crippen LogP contribution in [0.1, 0.15) is 71.4 Å². The molecule has 3 aromatic rings. The van der Waals surface area contributed by atoms with Crippen molar-refractivity contribution in [2.75, 3.05) is 24.5 Å². The largest absolute Gasteiger partial charge is 0.478 e. The molecule has 0 atom stereocenters. The van der Waals surface area contributed by atoms with Crippen LogP contribution in [-0.4, -0.2) is 51.5 Å². The molecule has 1 aliphatic heterocycles. The molecule has 7 heteroatoms. The number of nitrogens with zero attached hydrogens (tertiary/aromatic N) is 4. The van der Waals surface area contributed by atoms with E-state index in [4.69, 9.17) is 4.98 Å². The van der Waals surface area contributed by atoms with Crippen LogP contribution in [0.4, 0.5) is 5.95 Å². The molecule has 1 aromatic heterocycles. The first kappa shape index (κ1) is 25.4. The Bertz CT molecular complexity index is 1220. The van der Waals surface area contributed by atoms with Gasteiger partial charge in [-0.05, 0) is 48.6 Å². The number of carbonyl (C=O) groups excluding carboxylic acids is 1. The van der Waals surface area contributed by atoms with Gasteiger partial charge in [-0.3, -0.25) is 4.79 Å². The van der Waals surface area contributed by atoms with E-state index in [2.05, 4.69) is 29.8 Å². The molecule has 188 valence electrons. The predicted molar refractivity (Wildman–Crippen MR) is 141 cm³/mol. The van der Waals surface area contributed by atoms with E-state index in [-0.39, 0.29) is 11.5 Å². The van der Waals surface area contributed by atoms with E-state index in [0.29, 0.717) is 35.9 Å². The number of aromatic nitrogens is 2. The van der Waals surface area contributed by atoms with Crippen molar-refractivity contribution in [3.8, 4) is 11.3 Å². The van der Waals surface area contributed by atoms with Crippen molar-refractivity contribution in [2.45, 2.75) is 52.5 Å². The van der Waals surface area contributed by atoms with Crippen LogP contribution in [0.5, 0.6) is 0 Å². The summed E-state index contributed by atoms with van der Waals surface area (Å²) < 4.78 is 0. The number of unbranched alkanes of at least 4 members (excludes halogenated alkanes) is 2. The lowest BCUT2D eigenvalue weighted by Crippen LogP contribution is -2.36. The topological polar surface area (TPSA) is 86.6 Å². The van der Waals surface area contributed by atoms with Crippen molar-refractivity contribution in [1.29, 1.82) is 0 Å². The second kappa shape index (κ2) is 11.8. The number of hydrogen-bond acceptors (Lipinski definition) is 5. The quantitative estimate of drug-likeness (QED) is 0.410. The Labute approximate surface area is 212 Å². The molecule has 0 fully saturated rings. The third-order valence-corrected chi connectivity index (χ3v) is 6.68. The number of fused-ring (bicyclic) bond motifs is 1. The van der Waals surface area contributed by atoms with Gasteiger partial charge in [0.05, 0.1) is 11.3 Å². The molecule has 0 unspecified atom stereocenters. The lowest BCUT2D eigenvalue weighted by atomic mass is 9.96. The Morgan fingerprint density at radius 1 is 1.00 bits per heavy atom. The second-order valence-electron chi connectivity index (χ2n) is 9.25. The van der Waals surface area contributed by atoms with Gasteiger partial charge in [-0.1, -0.05) is 57.0 Å². The van der Waals surface area contributed by atoms with Crippen molar-refractivity contribution < 1.29 is 14.7 Å². The molecule has 2 heterocycles. The molecule has 2 aromatic carbocycles. The fourth-order valence-electron chi connectivity index (χ4n) is 4.58. The Balaban J connectivity index is 1.70. The summed E-state index contributed by atoms with van der Waals surface area (Å²) in [4.78, 5) is 38.9. The second-order valence-corrected chi connectivity index (χ2v) is 9.25. The van der Waals surface area contributed by atoms with Gasteiger partial charge in [0.15, 0.2) is 0 Å². The minimum absolute atomic E-state index is 0.0845. The average molecular weight is 487 g/mol. The van der Waals surface area contributed by atoms with E-state index in [9.17, 15) is 14.7 Å². The Kier molecular flexibility index (Phi) is 8.31. The maximum absolute atomic E-state index is 13.8. The molecule has 1 aliphatic rings. The van der Waals surface area contributed by atoms with Crippen molar-refractivity contribution >= 4 is 17.8 Å². The van der Waals surface area contributed by atoms with Crippen LogP contribution in [0.15, 0.2) is 54.7 Å². The molecule has 1 amide bonds. The van der Waals surface area contributed by atoms with Crippen molar-refractivity contribution in [3.63, 3.8) is 0 Å². The van der Waals surface area contributed by atoms with Crippen LogP contribution in [0.3, 0.4) is 0 Å². The molecule has 1 N–H and O–H groups in total.